The molecule has 22 heavy (non-hydrogen) atoms. The van der Waals surface area contributed by atoms with Crippen LogP contribution in [0.3, 0.4) is 0 Å². The molecule has 1 N–H and O–H groups in total. The van der Waals surface area contributed by atoms with Gasteiger partial charge < -0.3 is 9.84 Å². The summed E-state index contributed by atoms with van der Waals surface area (Å²) < 4.78 is 18.7. The minimum atomic E-state index is -1.53. The highest BCUT2D eigenvalue weighted by Gasteiger charge is 2.24. The van der Waals surface area contributed by atoms with E-state index in [1.807, 2.05) is 6.08 Å². The van der Waals surface area contributed by atoms with Crippen molar-refractivity contribution in [3.8, 4) is 5.75 Å². The van der Waals surface area contributed by atoms with Crippen molar-refractivity contribution in [2.75, 3.05) is 0 Å². The Balaban J connectivity index is 1.99. The van der Waals surface area contributed by atoms with Crippen LogP contribution in [-0.4, -0.2) is 16.9 Å². The average Bonchev–Trinajstić information content (AvgIpc) is 2.53. The number of ketones is 1. The number of halogens is 1. The minimum absolute atomic E-state index is 0.0118. The van der Waals surface area contributed by atoms with Gasteiger partial charge in [-0.1, -0.05) is 12.1 Å². The molecule has 3 rings (SSSR count). The molecule has 0 amide bonds. The maximum absolute atomic E-state index is 13.0. The number of allylic oxidation sites excluding steroid dienone is 1. The van der Waals surface area contributed by atoms with Crippen LogP contribution >= 0.6 is 0 Å². The Hall–Kier alpha value is -2.95. The van der Waals surface area contributed by atoms with Crippen LogP contribution in [0.2, 0.25) is 0 Å². The Morgan fingerprint density at radius 2 is 1.82 bits per heavy atom. The number of fused-ring (bicyclic) bond motifs is 1. The third-order valence-electron chi connectivity index (χ3n) is 3.38. The largest absolute Gasteiger partial charge is 0.475 e. The van der Waals surface area contributed by atoms with Crippen molar-refractivity contribution >= 4 is 17.5 Å². The summed E-state index contributed by atoms with van der Waals surface area (Å²) in [4.78, 5) is 22.7. The van der Waals surface area contributed by atoms with Crippen LogP contribution in [0.4, 0.5) is 4.39 Å². The number of carbonyl (C=O) groups is 2. The van der Waals surface area contributed by atoms with Crippen LogP contribution < -0.4 is 4.74 Å². The standard InChI is InChI=1S/C17H11FO4/c18-12-7-4-10(5-8-12)14-9-6-11-2-1-3-13(16(11)22-14)15(19)17(20)21/h1-5,7-9H,6H2,(H,20,21). The number of Topliss-reactive ketones (excluding diaryl/α,β-unsaturated/α-hetero) is 1. The lowest BCUT2D eigenvalue weighted by atomic mass is 9.99. The lowest BCUT2D eigenvalue weighted by molar-refractivity contribution is -0.131. The van der Waals surface area contributed by atoms with Gasteiger partial charge >= 0.3 is 5.97 Å². The number of carbonyl (C=O) groups excluding carboxylic acids is 1. The van der Waals surface area contributed by atoms with E-state index in [-0.39, 0.29) is 17.1 Å². The summed E-state index contributed by atoms with van der Waals surface area (Å²) in [6.07, 6.45) is 2.31. The molecule has 2 aromatic carbocycles. The van der Waals surface area contributed by atoms with E-state index in [0.717, 1.165) is 5.56 Å². The highest BCUT2D eigenvalue weighted by molar-refractivity contribution is 6.40. The molecule has 0 atom stereocenters. The second-order valence-corrected chi connectivity index (χ2v) is 4.81. The molecule has 110 valence electrons. The van der Waals surface area contributed by atoms with Crippen molar-refractivity contribution in [2.45, 2.75) is 6.42 Å². The maximum atomic E-state index is 13.0. The lowest BCUT2D eigenvalue weighted by Gasteiger charge is -2.20. The van der Waals surface area contributed by atoms with Crippen LogP contribution in [-0.2, 0) is 11.2 Å². The zero-order valence-electron chi connectivity index (χ0n) is 11.4. The van der Waals surface area contributed by atoms with Gasteiger partial charge in [-0.05, 0) is 48.4 Å². The fourth-order valence-electron chi connectivity index (χ4n) is 2.31. The summed E-state index contributed by atoms with van der Waals surface area (Å²) in [6, 6.07) is 10.6. The highest BCUT2D eigenvalue weighted by atomic mass is 19.1. The molecular formula is C17H11FO4. The maximum Gasteiger partial charge on any atom is 0.377 e. The number of carboxylic acids is 1. The number of benzene rings is 2. The molecule has 0 bridgehead atoms. The Morgan fingerprint density at radius 3 is 2.50 bits per heavy atom. The van der Waals surface area contributed by atoms with Gasteiger partial charge in [0.2, 0.25) is 0 Å². The number of para-hydroxylation sites is 1. The van der Waals surface area contributed by atoms with Gasteiger partial charge in [0.05, 0.1) is 5.56 Å². The number of ether oxygens (including phenoxy) is 1. The first-order chi connectivity index (χ1) is 10.6. The summed E-state index contributed by atoms with van der Waals surface area (Å²) in [5, 5.41) is 8.89. The van der Waals surface area contributed by atoms with E-state index in [1.54, 1.807) is 24.3 Å². The Bertz CT molecular complexity index is 791. The van der Waals surface area contributed by atoms with Crippen LogP contribution in [0.1, 0.15) is 21.5 Å². The lowest BCUT2D eigenvalue weighted by Crippen LogP contribution is -2.16. The van der Waals surface area contributed by atoms with E-state index in [2.05, 4.69) is 0 Å². The zero-order valence-corrected chi connectivity index (χ0v) is 11.4. The van der Waals surface area contributed by atoms with Crippen LogP contribution in [0.15, 0.2) is 48.5 Å². The molecule has 0 aliphatic carbocycles. The predicted molar refractivity (Wildman–Crippen MR) is 77.1 cm³/mol. The van der Waals surface area contributed by atoms with Crippen molar-refractivity contribution in [1.82, 2.24) is 0 Å². The molecule has 0 unspecified atom stereocenters. The number of carboxylic acid groups (broad SMARTS) is 1. The normalized spacial score (nSPS) is 12.9. The van der Waals surface area contributed by atoms with E-state index in [0.29, 0.717) is 17.7 Å². The molecule has 1 aliphatic heterocycles. The van der Waals surface area contributed by atoms with Gasteiger partial charge in [0.1, 0.15) is 17.3 Å². The fraction of sp³-hybridized carbons (Fsp3) is 0.0588. The van der Waals surface area contributed by atoms with Crippen molar-refractivity contribution in [1.29, 1.82) is 0 Å². The molecular weight excluding hydrogens is 287 g/mol. The van der Waals surface area contributed by atoms with Gasteiger partial charge in [0, 0.05) is 5.56 Å². The Labute approximate surface area is 125 Å². The Morgan fingerprint density at radius 1 is 1.09 bits per heavy atom. The first kappa shape index (κ1) is 14.0. The first-order valence-corrected chi connectivity index (χ1v) is 6.59. The molecule has 2 aromatic rings. The molecule has 0 saturated carbocycles. The third-order valence-corrected chi connectivity index (χ3v) is 3.38. The third kappa shape index (κ3) is 2.48. The molecule has 0 fully saturated rings. The van der Waals surface area contributed by atoms with Crippen molar-refractivity contribution in [3.63, 3.8) is 0 Å². The van der Waals surface area contributed by atoms with Gasteiger partial charge in [0.25, 0.3) is 5.78 Å². The van der Waals surface area contributed by atoms with E-state index >= 15 is 0 Å². The molecule has 1 heterocycles. The minimum Gasteiger partial charge on any atom is -0.475 e. The molecule has 0 radical (unpaired) electrons. The van der Waals surface area contributed by atoms with Gasteiger partial charge in [-0.2, -0.15) is 0 Å². The van der Waals surface area contributed by atoms with Gasteiger partial charge in [-0.25, -0.2) is 9.18 Å². The second kappa shape index (κ2) is 5.44. The average molecular weight is 298 g/mol. The second-order valence-electron chi connectivity index (χ2n) is 4.81. The molecule has 0 spiro atoms. The number of hydrogen-bond donors (Lipinski definition) is 1. The van der Waals surface area contributed by atoms with Gasteiger partial charge in [0.15, 0.2) is 0 Å². The topological polar surface area (TPSA) is 63.6 Å². The molecule has 4 nitrogen and oxygen atoms in total. The molecule has 0 saturated heterocycles. The summed E-state index contributed by atoms with van der Waals surface area (Å²) in [6.45, 7) is 0. The van der Waals surface area contributed by atoms with Crippen molar-refractivity contribution in [2.24, 2.45) is 0 Å². The van der Waals surface area contributed by atoms with Gasteiger partial charge in [-0.15, -0.1) is 0 Å². The predicted octanol–water partition coefficient (Wildman–Crippen LogP) is 3.07. The summed E-state index contributed by atoms with van der Waals surface area (Å²) in [7, 11) is 0. The SMILES string of the molecule is O=C(O)C(=O)c1cccc2c1OC(c1ccc(F)cc1)=CC2. The van der Waals surface area contributed by atoms with E-state index in [1.165, 1.54) is 18.2 Å². The van der Waals surface area contributed by atoms with Crippen LogP contribution in [0, 0.1) is 5.82 Å². The summed E-state index contributed by atoms with van der Waals surface area (Å²) in [5.74, 6) is -2.19. The summed E-state index contributed by atoms with van der Waals surface area (Å²) in [5.41, 5.74) is 1.40. The quantitative estimate of drug-likeness (QED) is 0.698. The van der Waals surface area contributed by atoms with Crippen LogP contribution in [0.5, 0.6) is 5.75 Å². The van der Waals surface area contributed by atoms with E-state index in [4.69, 9.17) is 9.84 Å². The number of rotatable bonds is 3. The van der Waals surface area contributed by atoms with Crippen LogP contribution in [0.25, 0.3) is 5.76 Å². The fourth-order valence-corrected chi connectivity index (χ4v) is 2.31. The van der Waals surface area contributed by atoms with Crippen molar-refractivity contribution in [3.05, 3.63) is 71.0 Å². The smallest absolute Gasteiger partial charge is 0.377 e. The molecule has 1 aliphatic rings. The molecule has 5 heteroatoms. The zero-order chi connectivity index (χ0) is 15.7. The number of hydrogen-bond acceptors (Lipinski definition) is 3. The van der Waals surface area contributed by atoms with Crippen molar-refractivity contribution < 1.29 is 23.8 Å². The summed E-state index contributed by atoms with van der Waals surface area (Å²) >= 11 is 0. The molecule has 0 aromatic heterocycles. The van der Waals surface area contributed by atoms with E-state index in [9.17, 15) is 14.0 Å². The van der Waals surface area contributed by atoms with E-state index < -0.39 is 11.8 Å². The Kier molecular flexibility index (Phi) is 3.47. The first-order valence-electron chi connectivity index (χ1n) is 6.59. The number of aliphatic carboxylic acids is 1. The highest BCUT2D eigenvalue weighted by Crippen LogP contribution is 2.34. The monoisotopic (exact) mass is 298 g/mol. The van der Waals surface area contributed by atoms with Gasteiger partial charge in [-0.3, -0.25) is 4.79 Å².